The van der Waals surface area contributed by atoms with Gasteiger partial charge >= 0.3 is 0 Å². The van der Waals surface area contributed by atoms with Crippen LogP contribution in [0.15, 0.2) is 53.6 Å². The van der Waals surface area contributed by atoms with Crippen LogP contribution in [0.2, 0.25) is 5.02 Å². The Kier molecular flexibility index (Phi) is 5.95. The van der Waals surface area contributed by atoms with Gasteiger partial charge in [0.15, 0.2) is 11.0 Å². The first-order chi connectivity index (χ1) is 16.5. The Morgan fingerprint density at radius 1 is 1.26 bits per heavy atom. The molecule has 0 aliphatic carbocycles. The lowest BCUT2D eigenvalue weighted by atomic mass is 10.1. The topological polar surface area (TPSA) is 124 Å². The van der Waals surface area contributed by atoms with Crippen molar-refractivity contribution in [2.24, 2.45) is 0 Å². The summed E-state index contributed by atoms with van der Waals surface area (Å²) in [7, 11) is 0. The highest BCUT2D eigenvalue weighted by Crippen LogP contribution is 2.31. The number of nitrogens with zero attached hydrogens (tertiary/aromatic N) is 6. The van der Waals surface area contributed by atoms with Crippen molar-refractivity contribution in [1.82, 2.24) is 35.2 Å². The third kappa shape index (κ3) is 4.47. The molecule has 0 saturated heterocycles. The van der Waals surface area contributed by atoms with Gasteiger partial charge < -0.3 is 15.0 Å². The van der Waals surface area contributed by atoms with Crippen molar-refractivity contribution in [3.8, 4) is 10.8 Å². The highest BCUT2D eigenvalue weighted by Gasteiger charge is 2.16. The second kappa shape index (κ2) is 9.20. The third-order valence-electron chi connectivity index (χ3n) is 5.16. The molecule has 5 rings (SSSR count). The fraction of sp³-hybridized carbons (Fsp3) is 0.182. The van der Waals surface area contributed by atoms with Crippen LogP contribution in [0.25, 0.3) is 15.9 Å². The number of aromatic nitrogens is 7. The van der Waals surface area contributed by atoms with Crippen LogP contribution in [0.5, 0.6) is 5.75 Å². The maximum atomic E-state index is 12.9. The minimum atomic E-state index is -0.305. The number of aromatic amines is 1. The van der Waals surface area contributed by atoms with Gasteiger partial charge in [0, 0.05) is 23.2 Å². The van der Waals surface area contributed by atoms with Gasteiger partial charge in [0.2, 0.25) is 0 Å². The van der Waals surface area contributed by atoms with E-state index >= 15 is 0 Å². The van der Waals surface area contributed by atoms with Gasteiger partial charge in [-0.05, 0) is 48.5 Å². The standard InChI is InChI=1S/C22H19ClN8O2S/c1-12(26-22-25-10-20(34-22)31-13(2)28-29-30-31)16-7-14-8-17(23)19(9-18(14)27-21(16)32)33-11-15-5-3-4-6-24-15/h3-10,12H,11H2,1-2H3,(H,25,26)(H,27,32)/t12-/m0/s1. The summed E-state index contributed by atoms with van der Waals surface area (Å²) < 4.78 is 7.42. The van der Waals surface area contributed by atoms with Gasteiger partial charge in [-0.1, -0.05) is 29.0 Å². The first-order valence-electron chi connectivity index (χ1n) is 10.3. The first-order valence-corrected chi connectivity index (χ1v) is 11.5. The van der Waals surface area contributed by atoms with Crippen molar-refractivity contribution in [3.05, 3.63) is 81.3 Å². The molecule has 10 nitrogen and oxygen atoms in total. The van der Waals surface area contributed by atoms with E-state index < -0.39 is 0 Å². The second-order valence-corrected chi connectivity index (χ2v) is 8.96. The molecule has 1 aromatic carbocycles. The Hall–Kier alpha value is -3.83. The van der Waals surface area contributed by atoms with Gasteiger partial charge in [0.25, 0.3) is 5.56 Å². The number of benzene rings is 1. The van der Waals surface area contributed by atoms with Crippen LogP contribution < -0.4 is 15.6 Å². The number of tetrazole rings is 1. The van der Waals surface area contributed by atoms with E-state index in [9.17, 15) is 4.79 Å². The fourth-order valence-electron chi connectivity index (χ4n) is 3.42. The summed E-state index contributed by atoms with van der Waals surface area (Å²) in [6.07, 6.45) is 3.38. The van der Waals surface area contributed by atoms with Gasteiger partial charge in [-0.2, -0.15) is 4.68 Å². The number of aryl methyl sites for hydroxylation is 1. The molecule has 34 heavy (non-hydrogen) atoms. The van der Waals surface area contributed by atoms with Gasteiger partial charge in [0.05, 0.1) is 28.5 Å². The number of ether oxygens (including phenoxy) is 1. The van der Waals surface area contributed by atoms with E-state index in [1.54, 1.807) is 29.2 Å². The molecule has 0 aliphatic heterocycles. The maximum absolute atomic E-state index is 12.9. The molecule has 0 saturated carbocycles. The molecule has 2 N–H and O–H groups in total. The number of rotatable bonds is 7. The zero-order valence-corrected chi connectivity index (χ0v) is 19.8. The Morgan fingerprint density at radius 2 is 2.15 bits per heavy atom. The predicted octanol–water partition coefficient (Wildman–Crippen LogP) is 4.07. The summed E-state index contributed by atoms with van der Waals surface area (Å²) in [5.41, 5.74) is 1.76. The van der Waals surface area contributed by atoms with E-state index in [0.29, 0.717) is 32.8 Å². The smallest absolute Gasteiger partial charge is 0.253 e. The quantitative estimate of drug-likeness (QED) is 0.347. The van der Waals surface area contributed by atoms with Crippen molar-refractivity contribution >= 4 is 39.0 Å². The van der Waals surface area contributed by atoms with Crippen LogP contribution in [-0.4, -0.2) is 35.2 Å². The third-order valence-corrected chi connectivity index (χ3v) is 6.36. The van der Waals surface area contributed by atoms with Crippen LogP contribution in [-0.2, 0) is 6.61 Å². The molecule has 1 atom stereocenters. The van der Waals surface area contributed by atoms with E-state index in [1.165, 1.54) is 11.3 Å². The molecule has 4 heterocycles. The monoisotopic (exact) mass is 494 g/mol. The highest BCUT2D eigenvalue weighted by molar-refractivity contribution is 7.17. The van der Waals surface area contributed by atoms with Crippen LogP contribution in [0.3, 0.4) is 0 Å². The van der Waals surface area contributed by atoms with Crippen molar-refractivity contribution in [1.29, 1.82) is 0 Å². The van der Waals surface area contributed by atoms with E-state index in [-0.39, 0.29) is 18.2 Å². The molecule has 0 unspecified atom stereocenters. The van der Waals surface area contributed by atoms with Crippen LogP contribution in [0, 0.1) is 6.92 Å². The molecule has 0 aliphatic rings. The zero-order chi connectivity index (χ0) is 23.7. The van der Waals surface area contributed by atoms with E-state index in [4.69, 9.17) is 16.3 Å². The summed E-state index contributed by atoms with van der Waals surface area (Å²) in [6, 6.07) is 10.6. The number of anilines is 1. The predicted molar refractivity (Wildman–Crippen MR) is 130 cm³/mol. The number of fused-ring (bicyclic) bond motifs is 1. The largest absolute Gasteiger partial charge is 0.486 e. The SMILES string of the molecule is Cc1nnnn1-c1cnc(N[C@@H](C)c2cc3cc(Cl)c(OCc4ccccn4)cc3[nH]c2=O)s1. The van der Waals surface area contributed by atoms with Crippen LogP contribution in [0.4, 0.5) is 5.13 Å². The van der Waals surface area contributed by atoms with Gasteiger partial charge in [-0.3, -0.25) is 9.78 Å². The van der Waals surface area contributed by atoms with Crippen molar-refractivity contribution < 1.29 is 4.74 Å². The van der Waals surface area contributed by atoms with Crippen molar-refractivity contribution in [3.63, 3.8) is 0 Å². The van der Waals surface area contributed by atoms with E-state index in [0.717, 1.165) is 16.1 Å². The Labute approximate surface area is 202 Å². The number of nitrogens with one attached hydrogen (secondary N) is 2. The number of hydrogen-bond acceptors (Lipinski definition) is 9. The lowest BCUT2D eigenvalue weighted by Gasteiger charge is -2.14. The normalized spacial score (nSPS) is 12.1. The molecule has 0 bridgehead atoms. The summed E-state index contributed by atoms with van der Waals surface area (Å²) in [4.78, 5) is 24.4. The minimum Gasteiger partial charge on any atom is -0.486 e. The summed E-state index contributed by atoms with van der Waals surface area (Å²) in [5.74, 6) is 1.14. The minimum absolute atomic E-state index is 0.210. The number of hydrogen-bond donors (Lipinski definition) is 2. The van der Waals surface area contributed by atoms with E-state index in [1.807, 2.05) is 38.1 Å². The van der Waals surface area contributed by atoms with Crippen LogP contribution in [0.1, 0.15) is 30.0 Å². The summed E-state index contributed by atoms with van der Waals surface area (Å²) in [6.45, 7) is 3.98. The van der Waals surface area contributed by atoms with Gasteiger partial charge in [-0.15, -0.1) is 5.10 Å². The Bertz CT molecular complexity index is 1510. The van der Waals surface area contributed by atoms with E-state index in [2.05, 4.69) is 35.8 Å². The first kappa shape index (κ1) is 22.0. The van der Waals surface area contributed by atoms with Crippen molar-refractivity contribution in [2.45, 2.75) is 26.5 Å². The lowest BCUT2D eigenvalue weighted by Crippen LogP contribution is -2.19. The molecule has 12 heteroatoms. The number of H-pyrrole nitrogens is 1. The van der Waals surface area contributed by atoms with Crippen molar-refractivity contribution in [2.75, 3.05) is 5.32 Å². The van der Waals surface area contributed by atoms with Gasteiger partial charge in [0.1, 0.15) is 17.4 Å². The molecule has 0 spiro atoms. The fourth-order valence-corrected chi connectivity index (χ4v) is 4.55. The van der Waals surface area contributed by atoms with Gasteiger partial charge in [-0.25, -0.2) is 4.98 Å². The van der Waals surface area contributed by atoms with Crippen LogP contribution >= 0.6 is 22.9 Å². The summed E-state index contributed by atoms with van der Waals surface area (Å²) >= 11 is 7.84. The lowest BCUT2D eigenvalue weighted by molar-refractivity contribution is 0.302. The maximum Gasteiger partial charge on any atom is 0.253 e. The molecule has 172 valence electrons. The number of thiazole rings is 1. The molecule has 4 aromatic heterocycles. The highest BCUT2D eigenvalue weighted by atomic mass is 35.5. The molecule has 0 fully saturated rings. The number of halogens is 1. The average Bonchev–Trinajstić information content (AvgIpc) is 3.46. The molecule has 0 amide bonds. The molecule has 5 aromatic rings. The number of pyridine rings is 2. The Morgan fingerprint density at radius 3 is 2.91 bits per heavy atom. The molecular formula is C22H19ClN8O2S. The zero-order valence-electron chi connectivity index (χ0n) is 18.2. The molecular weight excluding hydrogens is 476 g/mol. The Balaban J connectivity index is 1.36. The summed E-state index contributed by atoms with van der Waals surface area (Å²) in [5, 5.41) is 17.4. The average molecular weight is 495 g/mol. The second-order valence-electron chi connectivity index (χ2n) is 7.54. The molecule has 0 radical (unpaired) electrons.